The zero-order chi connectivity index (χ0) is 12.2. The zero-order valence-electron chi connectivity index (χ0n) is 11.1. The van der Waals surface area contributed by atoms with E-state index in [4.69, 9.17) is 14.2 Å². The predicted octanol–water partition coefficient (Wildman–Crippen LogP) is 1.79. The summed E-state index contributed by atoms with van der Waals surface area (Å²) >= 11 is 0. The molecule has 0 aliphatic heterocycles. The summed E-state index contributed by atoms with van der Waals surface area (Å²) in [5.41, 5.74) is 0. The first-order valence-electron chi connectivity index (χ1n) is 6.30. The minimum atomic E-state index is -0.0788. The van der Waals surface area contributed by atoms with Gasteiger partial charge in [-0.05, 0) is 27.7 Å². The maximum absolute atomic E-state index is 5.44. The Morgan fingerprint density at radius 3 is 2.00 bits per heavy atom. The molecule has 0 aromatic carbocycles. The van der Waals surface area contributed by atoms with Crippen LogP contribution >= 0.6 is 0 Å². The van der Waals surface area contributed by atoms with E-state index in [2.05, 4.69) is 12.2 Å². The van der Waals surface area contributed by atoms with E-state index in [-0.39, 0.29) is 12.4 Å². The highest BCUT2D eigenvalue weighted by Gasteiger charge is 2.07. The molecule has 0 rings (SSSR count). The SMILES string of the molecule is CCOC(C)CNCCC(OCC)OCC. The minimum Gasteiger partial charge on any atom is -0.377 e. The van der Waals surface area contributed by atoms with Gasteiger partial charge in [0.1, 0.15) is 0 Å². The molecule has 1 N–H and O–H groups in total. The summed E-state index contributed by atoms with van der Waals surface area (Å²) in [7, 11) is 0. The second-order valence-corrected chi connectivity index (χ2v) is 3.60. The van der Waals surface area contributed by atoms with Gasteiger partial charge in [0.15, 0.2) is 6.29 Å². The van der Waals surface area contributed by atoms with Crippen molar-refractivity contribution >= 4 is 0 Å². The molecular weight excluding hydrogens is 206 g/mol. The monoisotopic (exact) mass is 233 g/mol. The van der Waals surface area contributed by atoms with Crippen LogP contribution in [0, 0.1) is 0 Å². The molecule has 1 atom stereocenters. The van der Waals surface area contributed by atoms with Crippen molar-refractivity contribution < 1.29 is 14.2 Å². The van der Waals surface area contributed by atoms with Crippen molar-refractivity contribution in [2.45, 2.75) is 46.5 Å². The van der Waals surface area contributed by atoms with Gasteiger partial charge in [-0.3, -0.25) is 0 Å². The molecule has 98 valence electrons. The third-order valence-corrected chi connectivity index (χ3v) is 2.14. The van der Waals surface area contributed by atoms with Crippen LogP contribution in [-0.2, 0) is 14.2 Å². The lowest BCUT2D eigenvalue weighted by atomic mass is 10.3. The van der Waals surface area contributed by atoms with Crippen molar-refractivity contribution in [3.05, 3.63) is 0 Å². The molecular formula is C12H27NO3. The van der Waals surface area contributed by atoms with Crippen LogP contribution in [0.2, 0.25) is 0 Å². The van der Waals surface area contributed by atoms with Gasteiger partial charge in [-0.25, -0.2) is 0 Å². The summed E-state index contributed by atoms with van der Waals surface area (Å²) in [6.45, 7) is 12.0. The van der Waals surface area contributed by atoms with E-state index in [0.717, 1.165) is 26.1 Å². The highest BCUT2D eigenvalue weighted by atomic mass is 16.7. The minimum absolute atomic E-state index is 0.0788. The van der Waals surface area contributed by atoms with Crippen LogP contribution in [0.1, 0.15) is 34.1 Å². The van der Waals surface area contributed by atoms with Crippen LogP contribution in [0.5, 0.6) is 0 Å². The molecule has 0 fully saturated rings. The van der Waals surface area contributed by atoms with Gasteiger partial charge in [0.05, 0.1) is 6.10 Å². The fourth-order valence-electron chi connectivity index (χ4n) is 1.46. The largest absolute Gasteiger partial charge is 0.377 e. The molecule has 0 aromatic rings. The Morgan fingerprint density at radius 2 is 1.50 bits per heavy atom. The fourth-order valence-corrected chi connectivity index (χ4v) is 1.46. The van der Waals surface area contributed by atoms with E-state index < -0.39 is 0 Å². The van der Waals surface area contributed by atoms with Crippen LogP contribution < -0.4 is 5.32 Å². The molecule has 16 heavy (non-hydrogen) atoms. The third-order valence-electron chi connectivity index (χ3n) is 2.14. The molecule has 0 aliphatic carbocycles. The molecule has 0 aromatic heterocycles. The van der Waals surface area contributed by atoms with Crippen LogP contribution in [0.3, 0.4) is 0 Å². The fraction of sp³-hybridized carbons (Fsp3) is 1.00. The number of nitrogens with one attached hydrogen (secondary N) is 1. The first-order valence-corrected chi connectivity index (χ1v) is 6.30. The molecule has 0 bridgehead atoms. The van der Waals surface area contributed by atoms with Gasteiger partial charge < -0.3 is 19.5 Å². The molecule has 4 heteroatoms. The van der Waals surface area contributed by atoms with Crippen molar-refractivity contribution in [3.8, 4) is 0 Å². The molecule has 0 amide bonds. The van der Waals surface area contributed by atoms with E-state index in [1.165, 1.54) is 0 Å². The van der Waals surface area contributed by atoms with Gasteiger partial charge in [-0.1, -0.05) is 0 Å². The topological polar surface area (TPSA) is 39.7 Å². The van der Waals surface area contributed by atoms with Crippen molar-refractivity contribution in [2.24, 2.45) is 0 Å². The Hall–Kier alpha value is -0.160. The van der Waals surface area contributed by atoms with Crippen LogP contribution in [0.15, 0.2) is 0 Å². The van der Waals surface area contributed by atoms with Crippen molar-refractivity contribution in [3.63, 3.8) is 0 Å². The average Bonchev–Trinajstić information content (AvgIpc) is 2.25. The number of ether oxygens (including phenoxy) is 3. The van der Waals surface area contributed by atoms with Gasteiger partial charge in [0.2, 0.25) is 0 Å². The lowest BCUT2D eigenvalue weighted by molar-refractivity contribution is -0.138. The standard InChI is InChI=1S/C12H27NO3/c1-5-14-11(4)10-13-9-8-12(15-6-2)16-7-3/h11-13H,5-10H2,1-4H3. The van der Waals surface area contributed by atoms with E-state index in [0.29, 0.717) is 13.2 Å². The van der Waals surface area contributed by atoms with Crippen LogP contribution in [-0.4, -0.2) is 45.3 Å². The van der Waals surface area contributed by atoms with Gasteiger partial charge in [-0.15, -0.1) is 0 Å². The molecule has 0 spiro atoms. The summed E-state index contributed by atoms with van der Waals surface area (Å²) in [6.07, 6.45) is 1.06. The average molecular weight is 233 g/mol. The number of hydrogen-bond acceptors (Lipinski definition) is 4. The Balaban J connectivity index is 3.45. The van der Waals surface area contributed by atoms with Gasteiger partial charge in [-0.2, -0.15) is 0 Å². The molecule has 0 aliphatic rings. The van der Waals surface area contributed by atoms with E-state index in [1.807, 2.05) is 20.8 Å². The maximum atomic E-state index is 5.44. The smallest absolute Gasteiger partial charge is 0.158 e. The van der Waals surface area contributed by atoms with Crippen LogP contribution in [0.4, 0.5) is 0 Å². The molecule has 0 saturated carbocycles. The van der Waals surface area contributed by atoms with E-state index >= 15 is 0 Å². The normalized spacial score (nSPS) is 13.3. The summed E-state index contributed by atoms with van der Waals surface area (Å²) in [5.74, 6) is 0. The molecule has 0 radical (unpaired) electrons. The Kier molecular flexibility index (Phi) is 11.2. The first-order chi connectivity index (χ1) is 7.74. The van der Waals surface area contributed by atoms with E-state index in [1.54, 1.807) is 0 Å². The van der Waals surface area contributed by atoms with Crippen molar-refractivity contribution in [2.75, 3.05) is 32.9 Å². The zero-order valence-corrected chi connectivity index (χ0v) is 11.1. The van der Waals surface area contributed by atoms with Gasteiger partial charge >= 0.3 is 0 Å². The van der Waals surface area contributed by atoms with Crippen molar-refractivity contribution in [1.29, 1.82) is 0 Å². The molecule has 4 nitrogen and oxygen atoms in total. The quantitative estimate of drug-likeness (QED) is 0.436. The molecule has 0 heterocycles. The number of rotatable bonds is 11. The van der Waals surface area contributed by atoms with Gasteiger partial charge in [0, 0.05) is 39.3 Å². The lowest BCUT2D eigenvalue weighted by Crippen LogP contribution is -2.30. The second kappa shape index (κ2) is 11.3. The Morgan fingerprint density at radius 1 is 0.938 bits per heavy atom. The summed E-state index contributed by atoms with van der Waals surface area (Å²) < 4.78 is 16.3. The van der Waals surface area contributed by atoms with Crippen LogP contribution in [0.25, 0.3) is 0 Å². The molecule has 1 unspecified atom stereocenters. The third kappa shape index (κ3) is 9.09. The van der Waals surface area contributed by atoms with Crippen molar-refractivity contribution in [1.82, 2.24) is 5.32 Å². The Bertz CT molecular complexity index is 138. The maximum Gasteiger partial charge on any atom is 0.158 e. The highest BCUT2D eigenvalue weighted by molar-refractivity contribution is 4.56. The Labute approximate surface area is 99.6 Å². The first kappa shape index (κ1) is 15.8. The lowest BCUT2D eigenvalue weighted by Gasteiger charge is -2.18. The van der Waals surface area contributed by atoms with E-state index in [9.17, 15) is 0 Å². The second-order valence-electron chi connectivity index (χ2n) is 3.60. The predicted molar refractivity (Wildman–Crippen MR) is 65.6 cm³/mol. The highest BCUT2D eigenvalue weighted by Crippen LogP contribution is 1.99. The number of hydrogen-bond donors (Lipinski definition) is 1. The summed E-state index contributed by atoms with van der Waals surface area (Å²) in [5, 5.41) is 3.33. The summed E-state index contributed by atoms with van der Waals surface area (Å²) in [6, 6.07) is 0. The summed E-state index contributed by atoms with van der Waals surface area (Å²) in [4.78, 5) is 0. The molecule has 0 saturated heterocycles. The van der Waals surface area contributed by atoms with Gasteiger partial charge in [0.25, 0.3) is 0 Å².